The van der Waals surface area contributed by atoms with Crippen LogP contribution in [0.4, 0.5) is 0 Å². The predicted octanol–water partition coefficient (Wildman–Crippen LogP) is 22.7. The average molecular weight is 1890 g/mol. The fraction of sp³-hybridized carbons (Fsp3) is 0.0150. The van der Waals surface area contributed by atoms with Crippen molar-refractivity contribution in [2.24, 2.45) is 0 Å². The molecule has 27 rings (SSSR count). The molecule has 3 aliphatic carbocycles. The highest BCUT2D eigenvalue weighted by Crippen LogP contribution is 2.58. The summed E-state index contributed by atoms with van der Waals surface area (Å²) in [6, 6.07) is 202. The molecule has 0 aliphatic heterocycles. The first-order valence-corrected chi connectivity index (χ1v) is 55.2. The summed E-state index contributed by atoms with van der Waals surface area (Å²) in [4.78, 5) is 34.7. The first-order valence-electron chi connectivity index (χ1n) is 49.2. The lowest BCUT2D eigenvalue weighted by molar-refractivity contribution is 0.760. The number of aromatic nitrogens is 8. The van der Waals surface area contributed by atoms with Gasteiger partial charge in [-0.2, -0.15) is 9.97 Å². The van der Waals surface area contributed by atoms with Crippen LogP contribution in [0.25, 0.3) is 107 Å². The molecule has 4 aromatic heterocycles. The lowest BCUT2D eigenvalue weighted by Crippen LogP contribution is -2.75. The van der Waals surface area contributed by atoms with Crippen LogP contribution in [-0.4, -0.2) is 63.7 Å². The Labute approximate surface area is 842 Å². The van der Waals surface area contributed by atoms with Crippen molar-refractivity contribution in [3.05, 3.63) is 604 Å². The third-order valence-corrected chi connectivity index (χ3v) is 43.2. The van der Waals surface area contributed by atoms with Gasteiger partial charge in [-0.1, -0.05) is 540 Å². The van der Waals surface area contributed by atoms with Crippen LogP contribution >= 0.6 is 0 Å². The van der Waals surface area contributed by atoms with Crippen LogP contribution in [0.15, 0.2) is 570 Å². The van der Waals surface area contributed by atoms with Gasteiger partial charge in [-0.3, -0.25) is 9.55 Å². The van der Waals surface area contributed by atoms with Crippen molar-refractivity contribution < 1.29 is 0 Å². The summed E-state index contributed by atoms with van der Waals surface area (Å²) in [5.74, 6) is 4.13. The summed E-state index contributed by atoms with van der Waals surface area (Å²) in [5.41, 5.74) is 20.3. The molecule has 4 heterocycles. The van der Waals surface area contributed by atoms with Crippen molar-refractivity contribution >= 4 is 108 Å². The van der Waals surface area contributed by atoms with Gasteiger partial charge in [0.15, 0.2) is 53.3 Å². The van der Waals surface area contributed by atoms with E-state index in [1.54, 1.807) is 0 Å². The van der Waals surface area contributed by atoms with Crippen LogP contribution in [0.1, 0.15) is 45.2 Å². The Morgan fingerprint density at radius 2 is 0.451 bits per heavy atom. The zero-order valence-corrected chi connectivity index (χ0v) is 82.0. The van der Waals surface area contributed by atoms with Crippen LogP contribution in [-0.2, 0) is 0 Å². The maximum absolute atomic E-state index is 5.27. The van der Waals surface area contributed by atoms with Crippen molar-refractivity contribution in [1.29, 1.82) is 0 Å². The Morgan fingerprint density at radius 3 is 0.847 bits per heavy atom. The van der Waals surface area contributed by atoms with Crippen LogP contribution in [0.3, 0.4) is 0 Å². The van der Waals surface area contributed by atoms with Crippen LogP contribution in [0.2, 0.25) is 0 Å². The van der Waals surface area contributed by atoms with Crippen LogP contribution in [0.5, 0.6) is 0 Å². The Bertz CT molecular complexity index is 8230. The number of rotatable bonds is 20. The van der Waals surface area contributed by atoms with Gasteiger partial charge < -0.3 is 0 Å². The zero-order valence-electron chi connectivity index (χ0n) is 79.0. The standard InChI is InChI=1S/C45H32N4Si.C45H33N3Si.C43H31NSi/c1-5-18-33(19-6-1)43-46-44(48-45(47-43)49-41-30-15-13-28-39(41)40-29-14-16-31-42(40)49)34-20-17-27-38(32-34)50(35-21-7-2-8-22-35,36-23-9-3-10-24-36)37-25-11-4-12-26-37;1-6-16-36(17-7-1)43-46-44(37-18-8-2-9-19-37)48-45(47-43)38-28-26-34(27-29-38)35-30-32-42(33-31-35)49(39-20-10-3-11-21-39,40-22-12-4-13-23-40)41-24-14-5-15-25-41;1-4-16-31(17-5-1)45(32-18-6-2-7-19-32,33-20-8-3-9-21-33)39-27-13-26-38-41-35-22-10-11-23-36(35)42(43(38)39)37-25-12-24-34(40(37)41)30-15-14-28-44-29-30/h1-32H;1-33H;1-29,41-42H. The zero-order chi connectivity index (χ0) is 96.0. The van der Waals surface area contributed by atoms with Gasteiger partial charge in [0.25, 0.3) is 0 Å². The monoisotopic (exact) mass is 1890 g/mol. The summed E-state index contributed by atoms with van der Waals surface area (Å²) < 4.78 is 2.17. The third kappa shape index (κ3) is 16.1. The topological polar surface area (TPSA) is 95.2 Å². The second kappa shape index (κ2) is 39.4. The number of nitrogens with zero attached hydrogens (tertiary/aromatic N) is 8. The van der Waals surface area contributed by atoms with E-state index in [4.69, 9.17) is 29.9 Å². The molecule has 2 unspecified atom stereocenters. The molecule has 0 saturated carbocycles. The summed E-state index contributed by atoms with van der Waals surface area (Å²) in [6.07, 6.45) is 3.88. The van der Waals surface area contributed by atoms with Gasteiger partial charge in [0.1, 0.15) is 0 Å². The number of hydrogen-bond donors (Lipinski definition) is 0. The van der Waals surface area contributed by atoms with E-state index < -0.39 is 24.2 Å². The van der Waals surface area contributed by atoms with Crippen molar-refractivity contribution in [2.75, 3.05) is 0 Å². The largest absolute Gasteiger partial charge is 0.278 e. The Balaban J connectivity index is 0.000000116. The minimum Gasteiger partial charge on any atom is -0.278 e. The third-order valence-electron chi connectivity index (χ3n) is 28.8. The second-order valence-electron chi connectivity index (χ2n) is 36.7. The molecule has 2 bridgehead atoms. The van der Waals surface area contributed by atoms with Crippen LogP contribution < -0.4 is 62.2 Å². The molecule has 2 atom stereocenters. The van der Waals surface area contributed by atoms with E-state index >= 15 is 0 Å². The Kier molecular flexibility index (Phi) is 24.2. The molecular weight excluding hydrogens is 1790 g/mol. The average Bonchev–Trinajstić information content (AvgIpc) is 0.742. The highest BCUT2D eigenvalue weighted by molar-refractivity contribution is 7.21. The minimum atomic E-state index is -2.76. The van der Waals surface area contributed by atoms with E-state index in [0.717, 1.165) is 60.8 Å². The van der Waals surface area contributed by atoms with E-state index in [1.807, 2.05) is 91.3 Å². The van der Waals surface area contributed by atoms with Crippen molar-refractivity contribution in [3.8, 4) is 85.1 Å². The van der Waals surface area contributed by atoms with E-state index in [2.05, 4.69) is 489 Å². The minimum absolute atomic E-state index is 0.145. The van der Waals surface area contributed by atoms with E-state index in [-0.39, 0.29) is 11.8 Å². The van der Waals surface area contributed by atoms with Crippen molar-refractivity contribution in [2.45, 2.75) is 11.8 Å². The molecule has 11 heteroatoms. The van der Waals surface area contributed by atoms with E-state index in [1.165, 1.54) is 107 Å². The fourth-order valence-corrected chi connectivity index (χ4v) is 37.2. The molecule has 0 saturated heterocycles. The molecular formula is C133H96N8Si3. The molecule has 0 fully saturated rings. The summed E-state index contributed by atoms with van der Waals surface area (Å²) in [7, 11) is -8.07. The molecule has 3 aliphatic rings. The molecule has 144 heavy (non-hydrogen) atoms. The number of hydrogen-bond acceptors (Lipinski definition) is 7. The second-order valence-corrected chi connectivity index (χ2v) is 48.1. The molecule has 680 valence electrons. The Morgan fingerprint density at radius 1 is 0.181 bits per heavy atom. The lowest BCUT2D eigenvalue weighted by atomic mass is 9.60. The molecule has 8 nitrogen and oxygen atoms in total. The SMILES string of the molecule is c1ccc(-c2nc(-c3cccc([Si](c4ccccc4)(c4ccccc4)c4ccccc4)c3)nc(-n3c4ccccc4c4ccccc43)n2)cc1.c1ccc(-c2nc(-c3ccccc3)nc(-c3ccc(-c4ccc([Si](c5ccccc5)(c5ccccc5)c5ccccc5)cc4)cc3)n2)cc1.c1ccc([Si](c2ccccc2)(c2ccccc2)c2cccc3c2C2c4ccccc4C3c3c(-c4cccnc4)cccc32)cc1. The molecule has 20 aromatic carbocycles. The predicted molar refractivity (Wildman–Crippen MR) is 602 cm³/mol. The van der Waals surface area contributed by atoms with Gasteiger partial charge in [0.05, 0.1) is 11.0 Å². The van der Waals surface area contributed by atoms with Crippen molar-refractivity contribution in [1.82, 2.24) is 39.5 Å². The lowest BCUT2D eigenvalue weighted by Gasteiger charge is -2.46. The van der Waals surface area contributed by atoms with Gasteiger partial charge in [0, 0.05) is 68.4 Å². The smallest absolute Gasteiger partial charge is 0.238 e. The maximum Gasteiger partial charge on any atom is 0.238 e. The highest BCUT2D eigenvalue weighted by atomic mass is 28.3. The molecule has 0 N–H and O–H groups in total. The summed E-state index contributed by atoms with van der Waals surface area (Å²) in [6.45, 7) is 0. The molecule has 0 spiro atoms. The quantitative estimate of drug-likeness (QED) is 0.0554. The van der Waals surface area contributed by atoms with E-state index in [9.17, 15) is 0 Å². The first kappa shape index (κ1) is 88.7. The van der Waals surface area contributed by atoms with Gasteiger partial charge in [-0.25, -0.2) is 19.9 Å². The highest BCUT2D eigenvalue weighted by Gasteiger charge is 2.51. The number of para-hydroxylation sites is 2. The summed E-state index contributed by atoms with van der Waals surface area (Å²) >= 11 is 0. The fourth-order valence-electron chi connectivity index (χ4n) is 22.6. The normalized spacial score (nSPS) is 12.9. The van der Waals surface area contributed by atoms with Crippen LogP contribution in [0, 0.1) is 0 Å². The molecule has 24 aromatic rings. The maximum atomic E-state index is 5.27. The Hall–Kier alpha value is -18.0. The first-order chi connectivity index (χ1) is 71.5. The van der Waals surface area contributed by atoms with Crippen molar-refractivity contribution in [3.63, 3.8) is 0 Å². The van der Waals surface area contributed by atoms with E-state index in [0.29, 0.717) is 35.1 Å². The number of fused-ring (bicyclic) bond motifs is 3. The van der Waals surface area contributed by atoms with Gasteiger partial charge in [0.2, 0.25) is 5.95 Å². The van der Waals surface area contributed by atoms with Gasteiger partial charge >= 0.3 is 0 Å². The van der Waals surface area contributed by atoms with Gasteiger partial charge in [-0.05, 0) is 131 Å². The summed E-state index contributed by atoms with van der Waals surface area (Å²) in [5, 5.41) is 18.7. The molecule has 0 radical (unpaired) electrons. The number of benzene rings is 20. The number of pyridine rings is 1. The molecule has 0 amide bonds. The van der Waals surface area contributed by atoms with Gasteiger partial charge in [-0.15, -0.1) is 0 Å².